The number of hydrogen-bond acceptors (Lipinski definition) is 6. The van der Waals surface area contributed by atoms with Crippen LogP contribution in [0, 0.1) is 0 Å². The summed E-state index contributed by atoms with van der Waals surface area (Å²) < 4.78 is 27.2. The highest BCUT2D eigenvalue weighted by atomic mass is 32.2. The van der Waals surface area contributed by atoms with Gasteiger partial charge in [-0.3, -0.25) is 15.6 Å². The molecule has 0 radical (unpaired) electrons. The summed E-state index contributed by atoms with van der Waals surface area (Å²) in [5, 5.41) is 7.27. The van der Waals surface area contributed by atoms with Crippen LogP contribution >= 0.6 is 0 Å². The van der Waals surface area contributed by atoms with Crippen LogP contribution in [0.1, 0.15) is 20.8 Å². The van der Waals surface area contributed by atoms with Gasteiger partial charge in [0, 0.05) is 0 Å². The molecule has 0 unspecified atom stereocenters. The van der Waals surface area contributed by atoms with Crippen LogP contribution in [0.5, 0.6) is 0 Å². The Morgan fingerprint density at radius 2 is 1.74 bits per heavy atom. The number of nitrogens with one attached hydrogen (secondary N) is 3. The van der Waals surface area contributed by atoms with Crippen molar-refractivity contribution < 1.29 is 22.7 Å². The van der Waals surface area contributed by atoms with Crippen molar-refractivity contribution in [2.45, 2.75) is 31.3 Å². The van der Waals surface area contributed by atoms with Gasteiger partial charge in [0.25, 0.3) is 5.91 Å². The number of hydrogen-bond donors (Lipinski definition) is 4. The highest BCUT2D eigenvalue weighted by Gasteiger charge is 2.16. The largest absolute Gasteiger partial charge is 0.444 e. The third-order valence-corrected chi connectivity index (χ3v) is 3.25. The molecule has 0 fully saturated rings. The zero-order chi connectivity index (χ0) is 17.7. The number of primary sulfonamides is 1. The van der Waals surface area contributed by atoms with Crippen LogP contribution in [0.25, 0.3) is 0 Å². The summed E-state index contributed by atoms with van der Waals surface area (Å²) in [7, 11) is -3.76. The Labute approximate surface area is 134 Å². The van der Waals surface area contributed by atoms with Gasteiger partial charge in [-0.1, -0.05) is 0 Å². The van der Waals surface area contributed by atoms with E-state index in [0.29, 0.717) is 5.69 Å². The number of rotatable bonds is 5. The Morgan fingerprint density at radius 3 is 2.22 bits per heavy atom. The average Bonchev–Trinajstić information content (AvgIpc) is 2.40. The number of sulfonamides is 1. The van der Waals surface area contributed by atoms with Crippen molar-refractivity contribution >= 4 is 27.7 Å². The summed E-state index contributed by atoms with van der Waals surface area (Å²) in [6.45, 7) is 4.84. The van der Waals surface area contributed by atoms with Crippen LogP contribution < -0.4 is 21.3 Å². The molecule has 1 rings (SSSR count). The predicted octanol–water partition coefficient (Wildman–Crippen LogP) is 0.302. The molecule has 0 aliphatic rings. The van der Waals surface area contributed by atoms with Crippen molar-refractivity contribution in [2.75, 3.05) is 12.0 Å². The van der Waals surface area contributed by atoms with Crippen LogP contribution in [0.4, 0.5) is 10.5 Å². The van der Waals surface area contributed by atoms with E-state index >= 15 is 0 Å². The number of carbonyl (C=O) groups excluding carboxylic acids is 2. The van der Waals surface area contributed by atoms with Crippen molar-refractivity contribution in [3.63, 3.8) is 0 Å². The standard InChI is InChI=1S/C13H20N4O5S/c1-13(2,3)22-12(19)15-8-11(18)17-16-9-4-6-10(7-5-9)23(14,20)21/h4-7,16H,8H2,1-3H3,(H,15,19)(H,17,18)(H2,14,20,21). The molecule has 0 saturated heterocycles. The lowest BCUT2D eigenvalue weighted by molar-refractivity contribution is -0.119. The van der Waals surface area contributed by atoms with Gasteiger partial charge in [0.05, 0.1) is 10.6 Å². The Hall–Kier alpha value is -2.33. The minimum absolute atomic E-state index is 0.0408. The molecule has 0 heterocycles. The van der Waals surface area contributed by atoms with E-state index in [2.05, 4.69) is 16.2 Å². The van der Waals surface area contributed by atoms with Crippen molar-refractivity contribution in [3.05, 3.63) is 24.3 Å². The average molecular weight is 344 g/mol. The molecule has 128 valence electrons. The third-order valence-electron chi connectivity index (χ3n) is 2.32. The van der Waals surface area contributed by atoms with Crippen molar-refractivity contribution in [2.24, 2.45) is 5.14 Å². The fourth-order valence-electron chi connectivity index (χ4n) is 1.38. The van der Waals surface area contributed by atoms with Crippen molar-refractivity contribution in [1.82, 2.24) is 10.7 Å². The molecule has 23 heavy (non-hydrogen) atoms. The number of nitrogens with two attached hydrogens (primary N) is 1. The Kier molecular flexibility index (Phi) is 5.93. The topological polar surface area (TPSA) is 140 Å². The molecule has 0 saturated carbocycles. The molecular weight excluding hydrogens is 324 g/mol. The number of alkyl carbamates (subject to hydrolysis) is 1. The molecule has 0 aromatic heterocycles. The van der Waals surface area contributed by atoms with Gasteiger partial charge in [0.15, 0.2) is 0 Å². The molecule has 0 spiro atoms. The normalized spacial score (nSPS) is 11.5. The molecule has 2 amide bonds. The van der Waals surface area contributed by atoms with Gasteiger partial charge in [-0.2, -0.15) is 0 Å². The predicted molar refractivity (Wildman–Crippen MR) is 83.8 cm³/mol. The van der Waals surface area contributed by atoms with E-state index in [1.807, 2.05) is 0 Å². The van der Waals surface area contributed by atoms with E-state index in [4.69, 9.17) is 9.88 Å². The minimum atomic E-state index is -3.76. The van der Waals surface area contributed by atoms with E-state index in [0.717, 1.165) is 0 Å². The van der Waals surface area contributed by atoms with Gasteiger partial charge in [-0.25, -0.2) is 18.4 Å². The molecular formula is C13H20N4O5S. The van der Waals surface area contributed by atoms with Crippen LogP contribution in [0.2, 0.25) is 0 Å². The molecule has 5 N–H and O–H groups in total. The molecule has 0 aliphatic carbocycles. The fraction of sp³-hybridized carbons (Fsp3) is 0.385. The number of ether oxygens (including phenoxy) is 1. The fourth-order valence-corrected chi connectivity index (χ4v) is 1.90. The zero-order valence-corrected chi connectivity index (χ0v) is 13.9. The highest BCUT2D eigenvalue weighted by molar-refractivity contribution is 7.89. The molecule has 0 bridgehead atoms. The first-order chi connectivity index (χ1) is 10.5. The second kappa shape index (κ2) is 7.29. The quantitative estimate of drug-likeness (QED) is 0.567. The SMILES string of the molecule is CC(C)(C)OC(=O)NCC(=O)NNc1ccc(S(N)(=O)=O)cc1. The van der Waals surface area contributed by atoms with Crippen LogP contribution in [0.15, 0.2) is 29.2 Å². The van der Waals surface area contributed by atoms with Gasteiger partial charge in [-0.05, 0) is 45.0 Å². The first-order valence-corrected chi connectivity index (χ1v) is 8.16. The van der Waals surface area contributed by atoms with Crippen LogP contribution in [0.3, 0.4) is 0 Å². The summed E-state index contributed by atoms with van der Waals surface area (Å²) in [5.74, 6) is -0.508. The van der Waals surface area contributed by atoms with Gasteiger partial charge in [-0.15, -0.1) is 0 Å². The molecule has 1 aromatic rings. The van der Waals surface area contributed by atoms with E-state index in [-0.39, 0.29) is 11.4 Å². The summed E-state index contributed by atoms with van der Waals surface area (Å²) in [6, 6.07) is 5.45. The number of hydrazine groups is 1. The van der Waals surface area contributed by atoms with E-state index < -0.39 is 27.6 Å². The lowest BCUT2D eigenvalue weighted by Gasteiger charge is -2.19. The van der Waals surface area contributed by atoms with Gasteiger partial charge in [0.1, 0.15) is 12.1 Å². The van der Waals surface area contributed by atoms with E-state index in [9.17, 15) is 18.0 Å². The van der Waals surface area contributed by atoms with Gasteiger partial charge < -0.3 is 10.1 Å². The van der Waals surface area contributed by atoms with Crippen LogP contribution in [-0.4, -0.2) is 32.6 Å². The first kappa shape index (κ1) is 18.7. The molecule has 1 aromatic carbocycles. The Morgan fingerprint density at radius 1 is 1.17 bits per heavy atom. The van der Waals surface area contributed by atoms with E-state index in [1.54, 1.807) is 20.8 Å². The first-order valence-electron chi connectivity index (χ1n) is 6.62. The second-order valence-electron chi connectivity index (χ2n) is 5.60. The zero-order valence-electron chi connectivity index (χ0n) is 13.0. The second-order valence-corrected chi connectivity index (χ2v) is 7.16. The minimum Gasteiger partial charge on any atom is -0.444 e. The molecule has 9 nitrogen and oxygen atoms in total. The summed E-state index contributed by atoms with van der Waals surface area (Å²) in [4.78, 5) is 22.9. The Balaban J connectivity index is 2.40. The third kappa shape index (κ3) is 7.47. The smallest absolute Gasteiger partial charge is 0.408 e. The van der Waals surface area contributed by atoms with Crippen LogP contribution in [-0.2, 0) is 19.6 Å². The lowest BCUT2D eigenvalue weighted by Crippen LogP contribution is -2.41. The molecule has 0 aliphatic heterocycles. The monoisotopic (exact) mass is 344 g/mol. The summed E-state index contributed by atoms with van der Waals surface area (Å²) in [6.07, 6.45) is -0.704. The summed E-state index contributed by atoms with van der Waals surface area (Å²) in [5.41, 5.74) is 4.70. The van der Waals surface area contributed by atoms with Crippen molar-refractivity contribution in [3.8, 4) is 0 Å². The maximum atomic E-state index is 11.6. The maximum Gasteiger partial charge on any atom is 0.408 e. The number of anilines is 1. The summed E-state index contributed by atoms with van der Waals surface area (Å²) >= 11 is 0. The molecule has 0 atom stereocenters. The Bertz CT molecular complexity index is 665. The number of amides is 2. The van der Waals surface area contributed by atoms with Gasteiger partial charge in [0.2, 0.25) is 10.0 Å². The van der Waals surface area contributed by atoms with E-state index in [1.165, 1.54) is 24.3 Å². The number of carbonyl (C=O) groups is 2. The maximum absolute atomic E-state index is 11.6. The van der Waals surface area contributed by atoms with Gasteiger partial charge >= 0.3 is 6.09 Å². The lowest BCUT2D eigenvalue weighted by atomic mass is 10.2. The molecule has 10 heteroatoms. The highest BCUT2D eigenvalue weighted by Crippen LogP contribution is 2.11. The number of benzene rings is 1. The van der Waals surface area contributed by atoms with Crippen molar-refractivity contribution in [1.29, 1.82) is 0 Å².